The minimum Gasteiger partial charge on any atom is -0.350 e. The first-order chi connectivity index (χ1) is 6.85. The molecule has 4 heteroatoms. The Hall–Kier alpha value is -0.970. The van der Waals surface area contributed by atoms with Crippen molar-refractivity contribution in [2.45, 2.75) is 6.29 Å². The molecule has 0 saturated carbocycles. The number of methoxy groups -OCH3 is 2. The molecule has 0 aliphatic carbocycles. The summed E-state index contributed by atoms with van der Waals surface area (Å²) in [6, 6.07) is 8.00. The highest BCUT2D eigenvalue weighted by Crippen LogP contribution is 2.27. The maximum Gasteiger partial charge on any atom is 0.210 e. The van der Waals surface area contributed by atoms with Crippen molar-refractivity contribution >= 4 is 21.6 Å². The van der Waals surface area contributed by atoms with Gasteiger partial charge in [0, 0.05) is 14.2 Å². The van der Waals surface area contributed by atoms with Gasteiger partial charge in [-0.2, -0.15) is 0 Å². The van der Waals surface area contributed by atoms with Gasteiger partial charge in [-0.3, -0.25) is 0 Å². The standard InChI is InChI=1S/C10H11NO2S/c1-12-10(13-2)9-11-7-5-3-4-6-8(7)14-9/h3-6,10H,1-2H3. The van der Waals surface area contributed by atoms with E-state index >= 15 is 0 Å². The molecular formula is C10H11NO2S. The smallest absolute Gasteiger partial charge is 0.210 e. The molecule has 0 spiro atoms. The van der Waals surface area contributed by atoms with Crippen LogP contribution in [0.3, 0.4) is 0 Å². The van der Waals surface area contributed by atoms with Crippen LogP contribution < -0.4 is 0 Å². The Balaban J connectivity index is 2.43. The molecule has 2 rings (SSSR count). The van der Waals surface area contributed by atoms with E-state index in [-0.39, 0.29) is 6.29 Å². The second-order valence-corrected chi connectivity index (χ2v) is 3.89. The first kappa shape index (κ1) is 9.58. The predicted octanol–water partition coefficient (Wildman–Crippen LogP) is 2.59. The number of para-hydroxylation sites is 1. The lowest BCUT2D eigenvalue weighted by Gasteiger charge is -2.08. The number of hydrogen-bond donors (Lipinski definition) is 0. The van der Waals surface area contributed by atoms with E-state index in [1.165, 1.54) is 0 Å². The summed E-state index contributed by atoms with van der Waals surface area (Å²) in [5.74, 6) is 0. The molecule has 0 N–H and O–H groups in total. The van der Waals surface area contributed by atoms with Gasteiger partial charge >= 0.3 is 0 Å². The topological polar surface area (TPSA) is 31.4 Å². The summed E-state index contributed by atoms with van der Waals surface area (Å²) in [7, 11) is 3.22. The van der Waals surface area contributed by atoms with E-state index in [4.69, 9.17) is 9.47 Å². The Morgan fingerprint density at radius 3 is 2.57 bits per heavy atom. The fraction of sp³-hybridized carbons (Fsp3) is 0.300. The molecule has 0 unspecified atom stereocenters. The lowest BCUT2D eigenvalue weighted by Crippen LogP contribution is -2.02. The largest absolute Gasteiger partial charge is 0.350 e. The van der Waals surface area contributed by atoms with Gasteiger partial charge in [0.05, 0.1) is 10.2 Å². The van der Waals surface area contributed by atoms with E-state index in [1.807, 2.05) is 24.3 Å². The third kappa shape index (κ3) is 1.64. The third-order valence-electron chi connectivity index (χ3n) is 1.94. The number of hydrogen-bond acceptors (Lipinski definition) is 4. The Morgan fingerprint density at radius 2 is 1.93 bits per heavy atom. The highest BCUT2D eigenvalue weighted by molar-refractivity contribution is 7.18. The van der Waals surface area contributed by atoms with Crippen molar-refractivity contribution in [1.29, 1.82) is 0 Å². The second kappa shape index (κ2) is 4.04. The molecule has 0 radical (unpaired) electrons. The van der Waals surface area contributed by atoms with Gasteiger partial charge in [-0.05, 0) is 12.1 Å². The summed E-state index contributed by atoms with van der Waals surface area (Å²) in [6.45, 7) is 0. The van der Waals surface area contributed by atoms with Crippen molar-refractivity contribution in [3.8, 4) is 0 Å². The molecule has 0 atom stereocenters. The maximum atomic E-state index is 5.14. The van der Waals surface area contributed by atoms with Gasteiger partial charge in [0.2, 0.25) is 6.29 Å². The molecule has 14 heavy (non-hydrogen) atoms. The van der Waals surface area contributed by atoms with Crippen LogP contribution in [0.4, 0.5) is 0 Å². The maximum absolute atomic E-state index is 5.14. The van der Waals surface area contributed by atoms with Gasteiger partial charge in [-0.15, -0.1) is 11.3 Å². The molecule has 2 aromatic rings. The highest BCUT2D eigenvalue weighted by atomic mass is 32.1. The van der Waals surface area contributed by atoms with Crippen molar-refractivity contribution in [3.05, 3.63) is 29.3 Å². The van der Waals surface area contributed by atoms with Crippen molar-refractivity contribution in [2.24, 2.45) is 0 Å². The number of benzene rings is 1. The summed E-state index contributed by atoms with van der Waals surface area (Å²) < 4.78 is 11.4. The number of fused-ring (bicyclic) bond motifs is 1. The van der Waals surface area contributed by atoms with Crippen LogP contribution >= 0.6 is 11.3 Å². The van der Waals surface area contributed by atoms with Crippen molar-refractivity contribution in [3.63, 3.8) is 0 Å². The van der Waals surface area contributed by atoms with E-state index in [1.54, 1.807) is 25.6 Å². The van der Waals surface area contributed by atoms with Gasteiger partial charge in [-0.1, -0.05) is 12.1 Å². The number of aromatic nitrogens is 1. The molecule has 0 aliphatic heterocycles. The molecule has 0 bridgehead atoms. The van der Waals surface area contributed by atoms with Crippen molar-refractivity contribution < 1.29 is 9.47 Å². The van der Waals surface area contributed by atoms with E-state index in [0.717, 1.165) is 15.2 Å². The number of rotatable bonds is 3. The molecule has 0 aliphatic rings. The van der Waals surface area contributed by atoms with Gasteiger partial charge in [0.1, 0.15) is 0 Å². The van der Waals surface area contributed by atoms with Crippen LogP contribution in [0.25, 0.3) is 10.2 Å². The third-order valence-corrected chi connectivity index (χ3v) is 3.00. The van der Waals surface area contributed by atoms with Crippen molar-refractivity contribution in [1.82, 2.24) is 4.98 Å². The Kier molecular flexibility index (Phi) is 2.77. The van der Waals surface area contributed by atoms with E-state index in [2.05, 4.69) is 4.98 Å². The summed E-state index contributed by atoms with van der Waals surface area (Å²) in [4.78, 5) is 4.42. The fourth-order valence-electron chi connectivity index (χ4n) is 1.29. The summed E-state index contributed by atoms with van der Waals surface area (Å²) in [6.07, 6.45) is -0.354. The fourth-order valence-corrected chi connectivity index (χ4v) is 2.31. The van der Waals surface area contributed by atoms with Crippen LogP contribution in [0.15, 0.2) is 24.3 Å². The van der Waals surface area contributed by atoms with E-state index in [9.17, 15) is 0 Å². The van der Waals surface area contributed by atoms with Crippen molar-refractivity contribution in [2.75, 3.05) is 14.2 Å². The highest BCUT2D eigenvalue weighted by Gasteiger charge is 2.13. The Bertz CT molecular complexity index is 390. The van der Waals surface area contributed by atoms with E-state index < -0.39 is 0 Å². The minimum absolute atomic E-state index is 0.354. The average Bonchev–Trinajstić information content (AvgIpc) is 2.63. The molecule has 74 valence electrons. The zero-order valence-corrected chi connectivity index (χ0v) is 8.88. The van der Waals surface area contributed by atoms with Gasteiger partial charge in [0.15, 0.2) is 5.01 Å². The number of thiazole rings is 1. The zero-order chi connectivity index (χ0) is 9.97. The van der Waals surface area contributed by atoms with Gasteiger partial charge < -0.3 is 9.47 Å². The SMILES string of the molecule is COC(OC)c1nc2ccccc2s1. The number of ether oxygens (including phenoxy) is 2. The van der Waals surface area contributed by atoms with Crippen LogP contribution in [0.5, 0.6) is 0 Å². The summed E-state index contributed by atoms with van der Waals surface area (Å²) >= 11 is 1.59. The average molecular weight is 209 g/mol. The summed E-state index contributed by atoms with van der Waals surface area (Å²) in [5, 5.41) is 0.858. The first-order valence-corrected chi connectivity index (χ1v) is 5.08. The monoisotopic (exact) mass is 209 g/mol. The van der Waals surface area contributed by atoms with Crippen LogP contribution in [0, 0.1) is 0 Å². The lowest BCUT2D eigenvalue weighted by molar-refractivity contribution is -0.105. The van der Waals surface area contributed by atoms with E-state index in [0.29, 0.717) is 0 Å². The first-order valence-electron chi connectivity index (χ1n) is 4.26. The van der Waals surface area contributed by atoms with Gasteiger partial charge in [-0.25, -0.2) is 4.98 Å². The molecule has 1 heterocycles. The Labute approximate surface area is 86.3 Å². The predicted molar refractivity (Wildman–Crippen MR) is 56.4 cm³/mol. The van der Waals surface area contributed by atoms with Crippen LogP contribution in [0.1, 0.15) is 11.3 Å². The minimum atomic E-state index is -0.354. The van der Waals surface area contributed by atoms with Crippen LogP contribution in [-0.4, -0.2) is 19.2 Å². The second-order valence-electron chi connectivity index (χ2n) is 2.82. The number of nitrogens with zero attached hydrogens (tertiary/aromatic N) is 1. The molecular weight excluding hydrogens is 198 g/mol. The quantitative estimate of drug-likeness (QED) is 0.728. The lowest BCUT2D eigenvalue weighted by atomic mass is 10.3. The normalized spacial score (nSPS) is 11.4. The van der Waals surface area contributed by atoms with Crippen LogP contribution in [-0.2, 0) is 9.47 Å². The molecule has 0 amide bonds. The Morgan fingerprint density at radius 1 is 1.21 bits per heavy atom. The van der Waals surface area contributed by atoms with Gasteiger partial charge in [0.25, 0.3) is 0 Å². The zero-order valence-electron chi connectivity index (χ0n) is 8.06. The molecule has 0 fully saturated rings. The molecule has 1 aromatic carbocycles. The molecule has 3 nitrogen and oxygen atoms in total. The molecule has 1 aromatic heterocycles. The van der Waals surface area contributed by atoms with Crippen LogP contribution in [0.2, 0.25) is 0 Å². The summed E-state index contributed by atoms with van der Waals surface area (Å²) in [5.41, 5.74) is 0.992. The molecule has 0 saturated heterocycles.